The Morgan fingerprint density at radius 3 is 2.45 bits per heavy atom. The number of carbonyl (C=O) groups is 1. The molecule has 0 aliphatic rings. The van der Waals surface area contributed by atoms with Crippen molar-refractivity contribution in [3.05, 3.63) is 51.0 Å². The van der Waals surface area contributed by atoms with Crippen molar-refractivity contribution in [2.45, 2.75) is 40.0 Å². The van der Waals surface area contributed by atoms with E-state index in [9.17, 15) is 4.79 Å². The van der Waals surface area contributed by atoms with E-state index in [1.54, 1.807) is 0 Å². The highest BCUT2D eigenvalue weighted by atomic mass is 32.1. The fraction of sp³-hybridized carbons (Fsp3) is 0.375. The van der Waals surface area contributed by atoms with Crippen LogP contribution in [0.3, 0.4) is 0 Å². The van der Waals surface area contributed by atoms with Gasteiger partial charge < -0.3 is 9.97 Å². The van der Waals surface area contributed by atoms with Gasteiger partial charge >= 0.3 is 0 Å². The largest absolute Gasteiger partial charge is 0.334 e. The van der Waals surface area contributed by atoms with Crippen LogP contribution in [0.2, 0.25) is 0 Å². The molecular formula is C16H20N2OS. The van der Waals surface area contributed by atoms with Crippen LogP contribution in [0.4, 0.5) is 0 Å². The van der Waals surface area contributed by atoms with Crippen LogP contribution in [0.5, 0.6) is 0 Å². The van der Waals surface area contributed by atoms with Crippen molar-refractivity contribution in [2.24, 2.45) is 0 Å². The van der Waals surface area contributed by atoms with Crippen molar-refractivity contribution in [1.29, 1.82) is 0 Å². The van der Waals surface area contributed by atoms with Crippen LogP contribution in [0.1, 0.15) is 53.6 Å². The van der Waals surface area contributed by atoms with E-state index in [0.29, 0.717) is 10.5 Å². The molecule has 20 heavy (non-hydrogen) atoms. The van der Waals surface area contributed by atoms with E-state index in [0.717, 1.165) is 36.1 Å². The molecule has 106 valence electrons. The molecular weight excluding hydrogens is 268 g/mol. The lowest BCUT2D eigenvalue weighted by Crippen LogP contribution is -2.10. The predicted octanol–water partition coefficient (Wildman–Crippen LogP) is 3.99. The Hall–Kier alpha value is -1.68. The van der Waals surface area contributed by atoms with Crippen LogP contribution in [0, 0.1) is 4.77 Å². The van der Waals surface area contributed by atoms with E-state index in [4.69, 9.17) is 12.2 Å². The summed E-state index contributed by atoms with van der Waals surface area (Å²) in [7, 11) is 0. The van der Waals surface area contributed by atoms with Gasteiger partial charge in [0.05, 0.1) is 0 Å². The number of carbonyl (C=O) groups excluding carboxylic acids is 1. The Morgan fingerprint density at radius 1 is 1.10 bits per heavy atom. The van der Waals surface area contributed by atoms with Crippen molar-refractivity contribution < 1.29 is 4.79 Å². The first-order chi connectivity index (χ1) is 9.62. The maximum absolute atomic E-state index is 12.8. The van der Waals surface area contributed by atoms with E-state index in [1.807, 2.05) is 19.1 Å². The van der Waals surface area contributed by atoms with Gasteiger partial charge in [-0.05, 0) is 42.6 Å². The molecule has 0 saturated heterocycles. The molecule has 3 nitrogen and oxygen atoms in total. The summed E-state index contributed by atoms with van der Waals surface area (Å²) in [6, 6.07) is 5.96. The minimum Gasteiger partial charge on any atom is -0.334 e. The van der Waals surface area contributed by atoms with Gasteiger partial charge in [-0.25, -0.2) is 0 Å². The zero-order valence-electron chi connectivity index (χ0n) is 12.2. The molecule has 0 aliphatic carbocycles. The van der Waals surface area contributed by atoms with Crippen molar-refractivity contribution in [3.8, 4) is 0 Å². The lowest BCUT2D eigenvalue weighted by Gasteiger charge is -2.11. The number of benzene rings is 1. The topological polar surface area (TPSA) is 48.6 Å². The molecule has 0 radical (unpaired) electrons. The lowest BCUT2D eigenvalue weighted by molar-refractivity contribution is 0.103. The number of H-pyrrole nitrogens is 2. The molecule has 1 aromatic carbocycles. The maximum atomic E-state index is 12.8. The van der Waals surface area contributed by atoms with E-state index >= 15 is 0 Å². The van der Waals surface area contributed by atoms with Gasteiger partial charge in [0.25, 0.3) is 0 Å². The standard InChI is InChI=1S/C16H20N2OS/c1-4-10-8-7-9-12(11(10)5-2)15(19)14-13(6-3)17-16(20)18-14/h7-9H,4-6H2,1-3H3,(H2,17,18,20). The molecule has 2 N–H and O–H groups in total. The quantitative estimate of drug-likeness (QED) is 0.645. The fourth-order valence-corrected chi connectivity index (χ4v) is 2.83. The highest BCUT2D eigenvalue weighted by molar-refractivity contribution is 7.71. The van der Waals surface area contributed by atoms with Gasteiger partial charge in [-0.1, -0.05) is 39.0 Å². The van der Waals surface area contributed by atoms with Crippen LogP contribution in [0.15, 0.2) is 18.2 Å². The number of rotatable bonds is 5. The Labute approximate surface area is 124 Å². The molecule has 2 rings (SSSR count). The van der Waals surface area contributed by atoms with Crippen LogP contribution in [-0.4, -0.2) is 15.8 Å². The van der Waals surface area contributed by atoms with E-state index < -0.39 is 0 Å². The SMILES string of the molecule is CCc1cccc(C(=O)c2[nH]c(=S)[nH]c2CC)c1CC. The zero-order valence-corrected chi connectivity index (χ0v) is 13.0. The first kappa shape index (κ1) is 14.7. The summed E-state index contributed by atoms with van der Waals surface area (Å²) in [6.07, 6.45) is 2.55. The second-order valence-corrected chi connectivity index (χ2v) is 5.17. The third-order valence-electron chi connectivity index (χ3n) is 3.64. The molecule has 0 amide bonds. The molecule has 0 saturated carbocycles. The van der Waals surface area contributed by atoms with Crippen molar-refractivity contribution in [3.63, 3.8) is 0 Å². The molecule has 1 heterocycles. The van der Waals surface area contributed by atoms with Crippen LogP contribution >= 0.6 is 12.2 Å². The van der Waals surface area contributed by atoms with Gasteiger partial charge in [-0.15, -0.1) is 0 Å². The Kier molecular flexibility index (Phi) is 4.55. The van der Waals surface area contributed by atoms with Gasteiger partial charge in [0.2, 0.25) is 5.78 Å². The maximum Gasteiger partial charge on any atom is 0.211 e. The number of aromatic nitrogens is 2. The lowest BCUT2D eigenvalue weighted by atomic mass is 9.93. The molecule has 0 spiro atoms. The molecule has 4 heteroatoms. The predicted molar refractivity (Wildman–Crippen MR) is 84.0 cm³/mol. The van der Waals surface area contributed by atoms with Crippen LogP contribution in [-0.2, 0) is 19.3 Å². The van der Waals surface area contributed by atoms with Crippen molar-refractivity contribution >= 4 is 18.0 Å². The molecule has 2 aromatic rings. The first-order valence-electron chi connectivity index (χ1n) is 7.08. The van der Waals surface area contributed by atoms with Crippen LogP contribution in [0.25, 0.3) is 0 Å². The second-order valence-electron chi connectivity index (χ2n) is 4.77. The van der Waals surface area contributed by atoms with E-state index in [1.165, 1.54) is 5.56 Å². The number of hydrogen-bond acceptors (Lipinski definition) is 2. The summed E-state index contributed by atoms with van der Waals surface area (Å²) in [6.45, 7) is 6.21. The summed E-state index contributed by atoms with van der Waals surface area (Å²) in [5.41, 5.74) is 4.64. The smallest absolute Gasteiger partial charge is 0.211 e. The average Bonchev–Trinajstić information content (AvgIpc) is 2.86. The van der Waals surface area contributed by atoms with Crippen molar-refractivity contribution in [1.82, 2.24) is 9.97 Å². The highest BCUT2D eigenvalue weighted by Crippen LogP contribution is 2.20. The van der Waals surface area contributed by atoms with Gasteiger partial charge in [-0.3, -0.25) is 4.79 Å². The normalized spacial score (nSPS) is 10.8. The summed E-state index contributed by atoms with van der Waals surface area (Å²) < 4.78 is 0.509. The van der Waals surface area contributed by atoms with E-state index in [2.05, 4.69) is 29.9 Å². The number of nitrogens with one attached hydrogen (secondary N) is 2. The third kappa shape index (κ3) is 2.61. The zero-order chi connectivity index (χ0) is 14.7. The fourth-order valence-electron chi connectivity index (χ4n) is 2.61. The summed E-state index contributed by atoms with van der Waals surface area (Å²) in [5, 5.41) is 0. The molecule has 1 aromatic heterocycles. The molecule has 0 aliphatic heterocycles. The summed E-state index contributed by atoms with van der Waals surface area (Å²) >= 11 is 5.10. The molecule has 0 unspecified atom stereocenters. The summed E-state index contributed by atoms with van der Waals surface area (Å²) in [4.78, 5) is 18.8. The highest BCUT2D eigenvalue weighted by Gasteiger charge is 2.19. The van der Waals surface area contributed by atoms with Gasteiger partial charge in [0, 0.05) is 11.3 Å². The molecule has 0 bridgehead atoms. The number of aryl methyl sites for hydroxylation is 2. The average molecular weight is 288 g/mol. The Bertz CT molecular complexity index is 682. The minimum absolute atomic E-state index is 0.0290. The Morgan fingerprint density at radius 2 is 1.85 bits per heavy atom. The molecule has 0 fully saturated rings. The minimum atomic E-state index is 0.0290. The monoisotopic (exact) mass is 288 g/mol. The number of imidazole rings is 1. The third-order valence-corrected chi connectivity index (χ3v) is 3.84. The van der Waals surface area contributed by atoms with E-state index in [-0.39, 0.29) is 5.78 Å². The first-order valence-corrected chi connectivity index (χ1v) is 7.49. The second kappa shape index (κ2) is 6.18. The van der Waals surface area contributed by atoms with Gasteiger partial charge in [0.15, 0.2) is 4.77 Å². The number of hydrogen-bond donors (Lipinski definition) is 2. The molecule has 0 atom stereocenters. The number of aromatic amines is 2. The summed E-state index contributed by atoms with van der Waals surface area (Å²) in [5.74, 6) is 0.0290. The van der Waals surface area contributed by atoms with Gasteiger partial charge in [0.1, 0.15) is 5.69 Å². The van der Waals surface area contributed by atoms with Gasteiger partial charge in [-0.2, -0.15) is 0 Å². The van der Waals surface area contributed by atoms with Crippen LogP contribution < -0.4 is 0 Å². The number of ketones is 1. The van der Waals surface area contributed by atoms with Crippen molar-refractivity contribution in [2.75, 3.05) is 0 Å². The Balaban J connectivity index is 2.56.